The summed E-state index contributed by atoms with van der Waals surface area (Å²) < 4.78 is 7.37. The second-order valence-corrected chi connectivity index (χ2v) is 9.68. The summed E-state index contributed by atoms with van der Waals surface area (Å²) >= 11 is 0. The molecule has 2 aliphatic rings. The largest absolute Gasteiger partial charge is 0.507 e. The highest BCUT2D eigenvalue weighted by Gasteiger charge is 2.45. The molecule has 8 heteroatoms. The summed E-state index contributed by atoms with van der Waals surface area (Å²) in [6.45, 7) is 2.48. The molecule has 166 valence electrons. The smallest absolute Gasteiger partial charge is 0.343 e. The van der Waals surface area contributed by atoms with Crippen LogP contribution in [0.3, 0.4) is 0 Å². The highest BCUT2D eigenvalue weighted by atomic mass is 16.6. The van der Waals surface area contributed by atoms with Crippen LogP contribution in [0, 0.1) is 0 Å². The molecule has 0 bridgehead atoms. The van der Waals surface area contributed by atoms with Crippen LogP contribution in [0.25, 0.3) is 22.3 Å². The quantitative estimate of drug-likeness (QED) is 0.376. The molecule has 2 N–H and O–H groups in total. The van der Waals surface area contributed by atoms with Gasteiger partial charge in [0.05, 0.1) is 55.7 Å². The molecular weight excluding hydrogens is 410 g/mol. The monoisotopic (exact) mass is 436 g/mol. The number of ether oxygens (including phenoxy) is 1. The number of quaternary nitrogens is 1. The van der Waals surface area contributed by atoms with E-state index in [9.17, 15) is 19.8 Å². The Kier molecular flexibility index (Phi) is 4.28. The van der Waals surface area contributed by atoms with Gasteiger partial charge in [0.25, 0.3) is 5.56 Å². The molecular formula is C24H26N3O5+. The Balaban J connectivity index is 1.74. The maximum atomic E-state index is 13.3. The van der Waals surface area contributed by atoms with E-state index in [1.807, 2.05) is 6.07 Å². The minimum atomic E-state index is -1.84. The summed E-state index contributed by atoms with van der Waals surface area (Å²) in [5.74, 6) is -0.513. The predicted octanol–water partition coefficient (Wildman–Crippen LogP) is 1.99. The average molecular weight is 436 g/mol. The molecule has 0 aliphatic carbocycles. The van der Waals surface area contributed by atoms with Crippen LogP contribution >= 0.6 is 0 Å². The number of aromatic nitrogens is 2. The van der Waals surface area contributed by atoms with Crippen molar-refractivity contribution in [2.75, 3.05) is 21.1 Å². The fourth-order valence-electron chi connectivity index (χ4n) is 4.74. The van der Waals surface area contributed by atoms with E-state index in [2.05, 4.69) is 21.1 Å². The Bertz CT molecular complexity index is 1370. The molecule has 5 rings (SSSR count). The second kappa shape index (κ2) is 6.63. The molecule has 0 unspecified atom stereocenters. The first-order chi connectivity index (χ1) is 15.0. The van der Waals surface area contributed by atoms with Gasteiger partial charge in [-0.3, -0.25) is 4.79 Å². The van der Waals surface area contributed by atoms with Crippen LogP contribution in [-0.4, -0.2) is 51.4 Å². The lowest BCUT2D eigenvalue weighted by atomic mass is 9.86. The number of pyridine rings is 2. The maximum absolute atomic E-state index is 13.3. The van der Waals surface area contributed by atoms with Gasteiger partial charge < -0.3 is 24.0 Å². The Hall–Kier alpha value is -3.23. The number of carbonyl (C=O) groups is 1. The lowest BCUT2D eigenvalue weighted by Crippen LogP contribution is -2.44. The van der Waals surface area contributed by atoms with Gasteiger partial charge in [0.2, 0.25) is 0 Å². The standard InChI is InChI=1S/C24H25N3O5/c1-5-24(31)17-9-19-21-13(10-26(19)22(29)16(17)12-32-23(24)30)8-14-15(11-27(2,3)4)20(28)7-6-18(14)25-21/h6-9,31H,5,10-12H2,1-4H3/p+1/t24-/m0/s1. The predicted molar refractivity (Wildman–Crippen MR) is 118 cm³/mol. The van der Waals surface area contributed by atoms with Crippen molar-refractivity contribution in [2.45, 2.75) is 38.6 Å². The minimum absolute atomic E-state index is 0.105. The van der Waals surface area contributed by atoms with E-state index in [1.54, 1.807) is 29.7 Å². The van der Waals surface area contributed by atoms with Crippen molar-refractivity contribution >= 4 is 16.9 Å². The Morgan fingerprint density at radius 3 is 2.66 bits per heavy atom. The molecule has 0 spiro atoms. The van der Waals surface area contributed by atoms with Crippen LogP contribution in [0.2, 0.25) is 0 Å². The molecule has 0 saturated heterocycles. The summed E-state index contributed by atoms with van der Waals surface area (Å²) in [6.07, 6.45) is 0.105. The number of hydrogen-bond acceptors (Lipinski definition) is 6. The van der Waals surface area contributed by atoms with E-state index in [4.69, 9.17) is 9.72 Å². The lowest BCUT2D eigenvalue weighted by Gasteiger charge is -2.31. The zero-order valence-corrected chi connectivity index (χ0v) is 18.6. The molecule has 8 nitrogen and oxygen atoms in total. The van der Waals surface area contributed by atoms with Crippen molar-refractivity contribution in [1.82, 2.24) is 9.55 Å². The topological polar surface area (TPSA) is 102 Å². The third-order valence-corrected chi connectivity index (χ3v) is 6.41. The average Bonchev–Trinajstić information content (AvgIpc) is 3.09. The number of fused-ring (bicyclic) bond motifs is 5. The Morgan fingerprint density at radius 1 is 1.22 bits per heavy atom. The number of nitrogens with zero attached hydrogens (tertiary/aromatic N) is 3. The summed E-state index contributed by atoms with van der Waals surface area (Å²) in [6, 6.07) is 7.11. The Morgan fingerprint density at radius 2 is 1.97 bits per heavy atom. The van der Waals surface area contributed by atoms with Crippen LogP contribution in [0.15, 0.2) is 29.1 Å². The maximum Gasteiger partial charge on any atom is 0.343 e. The summed E-state index contributed by atoms with van der Waals surface area (Å²) in [7, 11) is 6.16. The zero-order chi connectivity index (χ0) is 23.0. The number of esters is 1. The second-order valence-electron chi connectivity index (χ2n) is 9.68. The van der Waals surface area contributed by atoms with Gasteiger partial charge >= 0.3 is 5.97 Å². The molecule has 2 aliphatic heterocycles. The first-order valence-electron chi connectivity index (χ1n) is 10.7. The van der Waals surface area contributed by atoms with E-state index in [0.717, 1.165) is 16.5 Å². The van der Waals surface area contributed by atoms with Gasteiger partial charge in [-0.05, 0) is 30.7 Å². The van der Waals surface area contributed by atoms with Crippen LogP contribution in [0.1, 0.15) is 35.6 Å². The van der Waals surface area contributed by atoms with E-state index >= 15 is 0 Å². The van der Waals surface area contributed by atoms with Gasteiger partial charge in [-0.25, -0.2) is 9.78 Å². The van der Waals surface area contributed by atoms with Gasteiger partial charge in [-0.15, -0.1) is 0 Å². The number of benzene rings is 1. The van der Waals surface area contributed by atoms with Gasteiger partial charge in [-0.1, -0.05) is 6.92 Å². The van der Waals surface area contributed by atoms with Crippen LogP contribution in [-0.2, 0) is 34.8 Å². The fraction of sp³-hybridized carbons (Fsp3) is 0.375. The van der Waals surface area contributed by atoms with Crippen molar-refractivity contribution in [3.63, 3.8) is 0 Å². The van der Waals surface area contributed by atoms with Crippen LogP contribution < -0.4 is 5.56 Å². The first kappa shape index (κ1) is 20.7. The summed E-state index contributed by atoms with van der Waals surface area (Å²) in [5.41, 5.74) is 2.10. The van der Waals surface area contributed by atoms with Gasteiger partial charge in [0.1, 0.15) is 18.9 Å². The molecule has 1 atom stereocenters. The third kappa shape index (κ3) is 2.87. The zero-order valence-electron chi connectivity index (χ0n) is 18.6. The number of rotatable bonds is 3. The van der Waals surface area contributed by atoms with Crippen LogP contribution in [0.5, 0.6) is 5.75 Å². The molecule has 2 aromatic heterocycles. The van der Waals surface area contributed by atoms with E-state index in [0.29, 0.717) is 45.6 Å². The molecule has 4 heterocycles. The SMILES string of the molecule is CC[C@@]1(O)C(=O)OCc2c1cc1n(c2=O)Cc2cc3c(C[N+](C)(C)C)c(O)ccc3nc2-1. The van der Waals surface area contributed by atoms with E-state index < -0.39 is 11.6 Å². The number of aliphatic hydroxyl groups is 1. The fourth-order valence-corrected chi connectivity index (χ4v) is 4.74. The molecule has 0 fully saturated rings. The van der Waals surface area contributed by atoms with Crippen molar-refractivity contribution < 1.29 is 24.2 Å². The molecule has 1 aromatic carbocycles. The van der Waals surface area contributed by atoms with Crippen molar-refractivity contribution in [2.24, 2.45) is 0 Å². The summed E-state index contributed by atoms with van der Waals surface area (Å²) in [4.78, 5) is 30.4. The molecule has 0 radical (unpaired) electrons. The highest BCUT2D eigenvalue weighted by Crippen LogP contribution is 2.39. The highest BCUT2D eigenvalue weighted by molar-refractivity contribution is 5.89. The number of aromatic hydroxyl groups is 1. The normalized spacial score (nSPS) is 19.5. The molecule has 0 amide bonds. The van der Waals surface area contributed by atoms with E-state index in [1.165, 1.54) is 0 Å². The minimum Gasteiger partial charge on any atom is -0.507 e. The molecule has 3 aromatic rings. The van der Waals surface area contributed by atoms with Gasteiger partial charge in [0, 0.05) is 16.5 Å². The molecule has 32 heavy (non-hydrogen) atoms. The van der Waals surface area contributed by atoms with Crippen molar-refractivity contribution in [3.8, 4) is 17.1 Å². The third-order valence-electron chi connectivity index (χ3n) is 6.41. The number of phenolic OH excluding ortho intramolecular Hbond substituents is 1. The summed E-state index contributed by atoms with van der Waals surface area (Å²) in [5, 5.41) is 22.4. The number of carbonyl (C=O) groups excluding carboxylic acids is 1. The van der Waals surface area contributed by atoms with Gasteiger partial charge in [-0.2, -0.15) is 0 Å². The number of phenols is 1. The number of cyclic esters (lactones) is 1. The lowest BCUT2D eigenvalue weighted by molar-refractivity contribution is -0.883. The number of hydrogen-bond donors (Lipinski definition) is 2. The molecule has 0 saturated carbocycles. The van der Waals surface area contributed by atoms with E-state index in [-0.39, 0.29) is 24.3 Å². The van der Waals surface area contributed by atoms with Gasteiger partial charge in [0.15, 0.2) is 5.60 Å². The Labute approximate surface area is 184 Å². The first-order valence-corrected chi connectivity index (χ1v) is 10.7. The van der Waals surface area contributed by atoms with Crippen molar-refractivity contribution in [3.05, 3.63) is 56.9 Å². The van der Waals surface area contributed by atoms with Crippen molar-refractivity contribution in [1.29, 1.82) is 0 Å². The van der Waals surface area contributed by atoms with Crippen LogP contribution in [0.4, 0.5) is 0 Å².